The molecule has 2 aromatic heterocycles. The minimum absolute atomic E-state index is 0.214. The van der Waals surface area contributed by atoms with Crippen molar-refractivity contribution in [3.05, 3.63) is 83.7 Å². The van der Waals surface area contributed by atoms with Crippen LogP contribution in [0.2, 0.25) is 0 Å². The van der Waals surface area contributed by atoms with Crippen LogP contribution in [0.25, 0.3) is 17.5 Å². The summed E-state index contributed by atoms with van der Waals surface area (Å²) in [6, 6.07) is 13.6. The van der Waals surface area contributed by atoms with Crippen molar-refractivity contribution >= 4 is 26.3 Å². The quantitative estimate of drug-likeness (QED) is 0.345. The Morgan fingerprint density at radius 1 is 1.13 bits per heavy atom. The van der Waals surface area contributed by atoms with Gasteiger partial charge in [-0.15, -0.1) is 0 Å². The molecule has 3 heterocycles. The fourth-order valence-electron chi connectivity index (χ4n) is 2.93. The lowest BCUT2D eigenvalue weighted by Crippen LogP contribution is -2.34. The number of fused-ring (bicyclic) bond motifs is 1. The van der Waals surface area contributed by atoms with E-state index in [1.165, 1.54) is 0 Å². The lowest BCUT2D eigenvalue weighted by molar-refractivity contribution is -0.695. The molecular formula is C23H22N4O2P+. The zero-order valence-corrected chi connectivity index (χ0v) is 17.6. The van der Waals surface area contributed by atoms with Gasteiger partial charge in [0.1, 0.15) is 13.0 Å². The number of aryl methyl sites for hydroxylation is 1. The maximum absolute atomic E-state index is 12.0. The summed E-state index contributed by atoms with van der Waals surface area (Å²) < 4.78 is 11.8. The SMILES string of the molecule is CP1C=Cc2nc(-c3cc[n+](CCC(=O)OCc4ccccc4)cc3)ncc2C=N1. The first-order valence-electron chi connectivity index (χ1n) is 9.68. The van der Waals surface area contributed by atoms with E-state index >= 15 is 0 Å². The molecule has 0 aliphatic carbocycles. The molecule has 150 valence electrons. The summed E-state index contributed by atoms with van der Waals surface area (Å²) in [7, 11) is -0.479. The summed E-state index contributed by atoms with van der Waals surface area (Å²) in [5.74, 6) is 2.54. The molecule has 7 heteroatoms. The Kier molecular flexibility index (Phi) is 6.35. The second-order valence-corrected chi connectivity index (χ2v) is 8.57. The van der Waals surface area contributed by atoms with Gasteiger partial charge >= 0.3 is 5.97 Å². The largest absolute Gasteiger partial charge is 0.461 e. The molecule has 0 fully saturated rings. The Morgan fingerprint density at radius 2 is 1.93 bits per heavy atom. The van der Waals surface area contributed by atoms with Gasteiger partial charge in [-0.05, 0) is 24.1 Å². The number of carbonyl (C=O) groups is 1. The van der Waals surface area contributed by atoms with E-state index in [2.05, 4.69) is 27.2 Å². The van der Waals surface area contributed by atoms with Crippen LogP contribution in [0.5, 0.6) is 0 Å². The molecule has 3 aromatic rings. The van der Waals surface area contributed by atoms with Crippen LogP contribution < -0.4 is 4.57 Å². The van der Waals surface area contributed by atoms with Crippen LogP contribution in [0, 0.1) is 0 Å². The van der Waals surface area contributed by atoms with Gasteiger partial charge in [-0.25, -0.2) is 14.5 Å². The Bertz CT molecular complexity index is 1080. The summed E-state index contributed by atoms with van der Waals surface area (Å²) in [5.41, 5.74) is 3.73. The highest BCUT2D eigenvalue weighted by Gasteiger charge is 2.12. The van der Waals surface area contributed by atoms with Gasteiger partial charge in [0.15, 0.2) is 24.8 Å². The fraction of sp³-hybridized carbons (Fsp3) is 0.174. The van der Waals surface area contributed by atoms with Gasteiger partial charge in [0.25, 0.3) is 0 Å². The van der Waals surface area contributed by atoms with E-state index in [9.17, 15) is 4.79 Å². The maximum atomic E-state index is 12.0. The van der Waals surface area contributed by atoms with Crippen LogP contribution in [0.3, 0.4) is 0 Å². The van der Waals surface area contributed by atoms with Gasteiger partial charge in [0.2, 0.25) is 0 Å². The summed E-state index contributed by atoms with van der Waals surface area (Å²) in [4.78, 5) is 21.1. The molecule has 4 rings (SSSR count). The number of hydrogen-bond acceptors (Lipinski definition) is 5. The molecule has 1 atom stereocenters. The second-order valence-electron chi connectivity index (χ2n) is 6.89. The van der Waals surface area contributed by atoms with Crippen LogP contribution in [-0.4, -0.2) is 28.8 Å². The predicted octanol–water partition coefficient (Wildman–Crippen LogP) is 3.99. The molecule has 0 N–H and O–H groups in total. The Labute approximate surface area is 176 Å². The van der Waals surface area contributed by atoms with E-state index < -0.39 is 8.07 Å². The first-order chi connectivity index (χ1) is 14.7. The molecule has 1 aliphatic heterocycles. The normalized spacial score (nSPS) is 14.8. The predicted molar refractivity (Wildman–Crippen MR) is 118 cm³/mol. The Morgan fingerprint density at radius 3 is 2.73 bits per heavy atom. The molecule has 0 saturated heterocycles. The Balaban J connectivity index is 1.35. The number of pyridine rings is 1. The number of nitrogens with zero attached hydrogens (tertiary/aromatic N) is 4. The standard InChI is InChI=1S/C23H22N4O2P/c1-30-14-10-21-20(16-25-30)15-24-23(26-21)19-7-11-27(12-8-19)13-9-22(28)29-17-18-5-3-2-4-6-18/h2-8,10-12,14-16H,9,13,17H2,1H3/q+1. The van der Waals surface area contributed by atoms with Gasteiger partial charge in [0.05, 0.1) is 5.69 Å². The molecule has 0 bridgehead atoms. The van der Waals surface area contributed by atoms with E-state index in [4.69, 9.17) is 4.74 Å². The number of benzene rings is 1. The number of ether oxygens (including phenoxy) is 1. The van der Waals surface area contributed by atoms with E-state index in [1.807, 2.05) is 77.9 Å². The van der Waals surface area contributed by atoms with Crippen molar-refractivity contribution < 1.29 is 14.1 Å². The topological polar surface area (TPSA) is 68.3 Å². The summed E-state index contributed by atoms with van der Waals surface area (Å²) in [6.07, 6.45) is 9.85. The number of hydrogen-bond donors (Lipinski definition) is 0. The third-order valence-electron chi connectivity index (χ3n) is 4.64. The van der Waals surface area contributed by atoms with Crippen LogP contribution in [-0.2, 0) is 22.7 Å². The summed E-state index contributed by atoms with van der Waals surface area (Å²) in [6.45, 7) is 2.95. The van der Waals surface area contributed by atoms with Gasteiger partial charge in [-0.3, -0.25) is 9.56 Å². The van der Waals surface area contributed by atoms with Gasteiger partial charge in [0, 0.05) is 43.7 Å². The summed E-state index contributed by atoms with van der Waals surface area (Å²) >= 11 is 0. The Hall–Kier alpha value is -3.24. The van der Waals surface area contributed by atoms with Gasteiger partial charge < -0.3 is 4.74 Å². The fourth-order valence-corrected chi connectivity index (χ4v) is 3.67. The molecule has 1 unspecified atom stereocenters. The molecule has 0 radical (unpaired) electrons. The average Bonchev–Trinajstić information content (AvgIpc) is 2.98. The molecule has 6 nitrogen and oxygen atoms in total. The minimum Gasteiger partial charge on any atom is -0.461 e. The van der Waals surface area contributed by atoms with Gasteiger partial charge in [-0.1, -0.05) is 30.3 Å². The summed E-state index contributed by atoms with van der Waals surface area (Å²) in [5, 5.41) is 0. The van der Waals surface area contributed by atoms with Crippen molar-refractivity contribution in [3.8, 4) is 11.4 Å². The highest BCUT2D eigenvalue weighted by Crippen LogP contribution is 2.36. The van der Waals surface area contributed by atoms with E-state index in [0.717, 1.165) is 22.4 Å². The molecule has 30 heavy (non-hydrogen) atoms. The zero-order chi connectivity index (χ0) is 20.8. The van der Waals surface area contributed by atoms with E-state index in [1.54, 1.807) is 0 Å². The van der Waals surface area contributed by atoms with Crippen molar-refractivity contribution in [1.29, 1.82) is 0 Å². The first kappa shape index (κ1) is 20.0. The highest BCUT2D eigenvalue weighted by atomic mass is 31.1. The average molecular weight is 417 g/mol. The zero-order valence-electron chi connectivity index (χ0n) is 16.7. The van der Waals surface area contributed by atoms with Crippen LogP contribution >= 0.6 is 8.07 Å². The molecule has 0 amide bonds. The second kappa shape index (κ2) is 9.51. The third kappa shape index (κ3) is 5.22. The van der Waals surface area contributed by atoms with Crippen molar-refractivity contribution in [2.75, 3.05) is 6.66 Å². The number of carbonyl (C=O) groups excluding carboxylic acids is 1. The molecule has 0 spiro atoms. The van der Waals surface area contributed by atoms with Crippen molar-refractivity contribution in [2.24, 2.45) is 4.76 Å². The lowest BCUT2D eigenvalue weighted by Gasteiger charge is -2.05. The van der Waals surface area contributed by atoms with Crippen LogP contribution in [0.1, 0.15) is 23.2 Å². The molecule has 0 saturated carbocycles. The lowest BCUT2D eigenvalue weighted by atomic mass is 10.2. The number of esters is 1. The maximum Gasteiger partial charge on any atom is 0.312 e. The monoisotopic (exact) mass is 417 g/mol. The van der Waals surface area contributed by atoms with Crippen LogP contribution in [0.4, 0.5) is 0 Å². The smallest absolute Gasteiger partial charge is 0.312 e. The highest BCUT2D eigenvalue weighted by molar-refractivity contribution is 7.59. The van der Waals surface area contributed by atoms with Crippen molar-refractivity contribution in [1.82, 2.24) is 9.97 Å². The third-order valence-corrected chi connectivity index (χ3v) is 5.70. The van der Waals surface area contributed by atoms with E-state index in [0.29, 0.717) is 25.4 Å². The van der Waals surface area contributed by atoms with Crippen LogP contribution in [0.15, 0.2) is 71.6 Å². The molecule has 1 aliphatic rings. The molecular weight excluding hydrogens is 395 g/mol. The number of aromatic nitrogens is 3. The van der Waals surface area contributed by atoms with Gasteiger partial charge in [-0.2, -0.15) is 0 Å². The van der Waals surface area contributed by atoms with E-state index in [-0.39, 0.29) is 5.97 Å². The van der Waals surface area contributed by atoms with Crippen molar-refractivity contribution in [2.45, 2.75) is 19.6 Å². The minimum atomic E-state index is -0.479. The number of rotatable bonds is 6. The van der Waals surface area contributed by atoms with Crippen molar-refractivity contribution in [3.63, 3.8) is 0 Å². The molecule has 1 aromatic carbocycles. The first-order valence-corrected chi connectivity index (χ1v) is 11.5.